The SMILES string of the molecule is CCC(CC)C(=O)N1CCCC(N2C(=O)NC3(CCN(C(C)C)CC3)C2=O)C1. The molecule has 1 atom stereocenters. The molecule has 0 saturated carbocycles. The molecule has 0 radical (unpaired) electrons. The lowest BCUT2D eigenvalue weighted by molar-refractivity contribution is -0.141. The predicted molar refractivity (Wildman–Crippen MR) is 108 cm³/mol. The standard InChI is InChI=1S/C21H36N4O3/c1-5-16(6-2)18(26)24-11-7-8-17(14-24)25-19(27)21(22-20(25)28)9-12-23(13-10-21)15(3)4/h15-17H,5-14H2,1-4H3,(H,22,28). The van der Waals surface area contributed by atoms with Crippen molar-refractivity contribution in [3.05, 3.63) is 0 Å². The molecular formula is C21H36N4O3. The van der Waals surface area contributed by atoms with Crippen LogP contribution in [0.25, 0.3) is 0 Å². The topological polar surface area (TPSA) is 73.0 Å². The lowest BCUT2D eigenvalue weighted by Crippen LogP contribution is -2.57. The summed E-state index contributed by atoms with van der Waals surface area (Å²) in [5.41, 5.74) is -0.746. The van der Waals surface area contributed by atoms with Crippen molar-refractivity contribution in [3.8, 4) is 0 Å². The Bertz CT molecular complexity index is 609. The molecule has 3 rings (SSSR count). The highest BCUT2D eigenvalue weighted by atomic mass is 16.2. The summed E-state index contributed by atoms with van der Waals surface area (Å²) >= 11 is 0. The summed E-state index contributed by atoms with van der Waals surface area (Å²) in [6.07, 6.45) is 4.59. The normalized spacial score (nSPS) is 25.9. The van der Waals surface area contributed by atoms with E-state index in [1.54, 1.807) is 0 Å². The zero-order valence-electron chi connectivity index (χ0n) is 17.9. The Balaban J connectivity index is 1.69. The van der Waals surface area contributed by atoms with Gasteiger partial charge in [-0.2, -0.15) is 0 Å². The molecule has 3 fully saturated rings. The number of nitrogens with one attached hydrogen (secondary N) is 1. The zero-order chi connectivity index (χ0) is 20.5. The Hall–Kier alpha value is -1.63. The number of urea groups is 1. The number of carbonyl (C=O) groups excluding carboxylic acids is 3. The first-order valence-electron chi connectivity index (χ1n) is 11.0. The largest absolute Gasteiger partial charge is 0.340 e. The van der Waals surface area contributed by atoms with Crippen molar-refractivity contribution in [2.24, 2.45) is 5.92 Å². The molecule has 3 heterocycles. The quantitative estimate of drug-likeness (QED) is 0.728. The Morgan fingerprint density at radius 3 is 2.36 bits per heavy atom. The minimum atomic E-state index is -0.746. The van der Waals surface area contributed by atoms with Crippen LogP contribution in [-0.2, 0) is 9.59 Å². The summed E-state index contributed by atoms with van der Waals surface area (Å²) in [7, 11) is 0. The van der Waals surface area contributed by atoms with E-state index in [2.05, 4.69) is 24.1 Å². The van der Waals surface area contributed by atoms with Crippen LogP contribution in [0.3, 0.4) is 0 Å². The fourth-order valence-corrected chi connectivity index (χ4v) is 5.00. The van der Waals surface area contributed by atoms with Crippen LogP contribution in [0.4, 0.5) is 4.79 Å². The van der Waals surface area contributed by atoms with E-state index in [0.29, 0.717) is 25.4 Å². The minimum Gasteiger partial charge on any atom is -0.340 e. The second kappa shape index (κ2) is 8.39. The van der Waals surface area contributed by atoms with Crippen LogP contribution >= 0.6 is 0 Å². The lowest BCUT2D eigenvalue weighted by Gasteiger charge is -2.40. The Morgan fingerprint density at radius 1 is 1.14 bits per heavy atom. The molecule has 0 aromatic rings. The van der Waals surface area contributed by atoms with Crippen LogP contribution in [0.2, 0.25) is 0 Å². The van der Waals surface area contributed by atoms with E-state index in [9.17, 15) is 14.4 Å². The van der Waals surface area contributed by atoms with E-state index < -0.39 is 5.54 Å². The van der Waals surface area contributed by atoms with E-state index in [4.69, 9.17) is 0 Å². The van der Waals surface area contributed by atoms with Crippen LogP contribution in [0.1, 0.15) is 66.2 Å². The summed E-state index contributed by atoms with van der Waals surface area (Å²) in [5, 5.41) is 3.02. The van der Waals surface area contributed by atoms with E-state index in [0.717, 1.165) is 45.3 Å². The molecule has 0 bridgehead atoms. The van der Waals surface area contributed by atoms with Gasteiger partial charge in [0.05, 0.1) is 6.04 Å². The number of hydrogen-bond donors (Lipinski definition) is 1. The van der Waals surface area contributed by atoms with Crippen LogP contribution < -0.4 is 5.32 Å². The number of hydrogen-bond acceptors (Lipinski definition) is 4. The van der Waals surface area contributed by atoms with Gasteiger partial charge in [-0.3, -0.25) is 14.5 Å². The molecule has 3 aliphatic heterocycles. The number of piperidine rings is 2. The van der Waals surface area contributed by atoms with Crippen molar-refractivity contribution < 1.29 is 14.4 Å². The van der Waals surface area contributed by atoms with Crippen molar-refractivity contribution in [2.45, 2.75) is 83.8 Å². The van der Waals surface area contributed by atoms with E-state index >= 15 is 0 Å². The van der Waals surface area contributed by atoms with Gasteiger partial charge in [-0.15, -0.1) is 0 Å². The first kappa shape index (κ1) is 21.1. The Morgan fingerprint density at radius 2 is 1.79 bits per heavy atom. The molecule has 0 aromatic heterocycles. The molecule has 1 N–H and O–H groups in total. The molecule has 7 nitrogen and oxygen atoms in total. The van der Waals surface area contributed by atoms with Crippen molar-refractivity contribution in [1.82, 2.24) is 20.0 Å². The second-order valence-electron chi connectivity index (χ2n) is 8.91. The molecule has 3 saturated heterocycles. The van der Waals surface area contributed by atoms with Gasteiger partial charge in [-0.25, -0.2) is 4.79 Å². The summed E-state index contributed by atoms with van der Waals surface area (Å²) in [6, 6.07) is -0.0319. The smallest absolute Gasteiger partial charge is 0.325 e. The minimum absolute atomic E-state index is 0.0357. The van der Waals surface area contributed by atoms with Crippen molar-refractivity contribution in [2.75, 3.05) is 26.2 Å². The predicted octanol–water partition coefficient (Wildman–Crippen LogP) is 2.21. The molecule has 7 heteroatoms. The van der Waals surface area contributed by atoms with Gasteiger partial charge in [0.15, 0.2) is 0 Å². The summed E-state index contributed by atoms with van der Waals surface area (Å²) < 4.78 is 0. The molecule has 3 aliphatic rings. The number of carbonyl (C=O) groups is 3. The maximum Gasteiger partial charge on any atom is 0.325 e. The molecule has 158 valence electrons. The van der Waals surface area contributed by atoms with Crippen LogP contribution in [-0.4, -0.2) is 76.3 Å². The van der Waals surface area contributed by atoms with E-state index in [1.165, 1.54) is 4.90 Å². The Kier molecular flexibility index (Phi) is 6.32. The maximum atomic E-state index is 13.3. The van der Waals surface area contributed by atoms with Crippen LogP contribution in [0.15, 0.2) is 0 Å². The monoisotopic (exact) mass is 392 g/mol. The molecular weight excluding hydrogens is 356 g/mol. The molecule has 0 aliphatic carbocycles. The van der Waals surface area contributed by atoms with Crippen molar-refractivity contribution in [1.29, 1.82) is 0 Å². The number of amides is 4. The summed E-state index contributed by atoms with van der Waals surface area (Å²) in [6.45, 7) is 11.2. The van der Waals surface area contributed by atoms with Gasteiger partial charge in [-0.1, -0.05) is 13.8 Å². The second-order valence-corrected chi connectivity index (χ2v) is 8.91. The summed E-state index contributed by atoms with van der Waals surface area (Å²) in [5.74, 6) is 0.123. The molecule has 4 amide bonds. The number of nitrogens with zero attached hydrogens (tertiary/aromatic N) is 3. The third-order valence-corrected chi connectivity index (χ3v) is 6.98. The van der Waals surface area contributed by atoms with Gasteiger partial charge in [0.25, 0.3) is 5.91 Å². The number of rotatable bonds is 5. The highest BCUT2D eigenvalue weighted by Gasteiger charge is 2.54. The average molecular weight is 393 g/mol. The fraction of sp³-hybridized carbons (Fsp3) is 0.857. The average Bonchev–Trinajstić information content (AvgIpc) is 2.92. The van der Waals surface area contributed by atoms with Crippen molar-refractivity contribution in [3.63, 3.8) is 0 Å². The van der Waals surface area contributed by atoms with Crippen LogP contribution in [0, 0.1) is 5.92 Å². The lowest BCUT2D eigenvalue weighted by atomic mass is 9.86. The number of likely N-dealkylation sites (tertiary alicyclic amines) is 2. The molecule has 1 unspecified atom stereocenters. The van der Waals surface area contributed by atoms with Gasteiger partial charge in [0.2, 0.25) is 5.91 Å². The Labute approximate surface area is 168 Å². The third kappa shape index (κ3) is 3.78. The van der Waals surface area contributed by atoms with Gasteiger partial charge in [-0.05, 0) is 52.4 Å². The highest BCUT2D eigenvalue weighted by Crippen LogP contribution is 2.33. The van der Waals surface area contributed by atoms with Crippen LogP contribution in [0.5, 0.6) is 0 Å². The van der Waals surface area contributed by atoms with Gasteiger partial charge in [0.1, 0.15) is 5.54 Å². The highest BCUT2D eigenvalue weighted by molar-refractivity contribution is 6.07. The van der Waals surface area contributed by atoms with E-state index in [1.807, 2.05) is 18.7 Å². The molecule has 28 heavy (non-hydrogen) atoms. The molecule has 1 spiro atoms. The first-order chi connectivity index (χ1) is 13.3. The van der Waals surface area contributed by atoms with Crippen molar-refractivity contribution >= 4 is 17.8 Å². The third-order valence-electron chi connectivity index (χ3n) is 6.98. The first-order valence-corrected chi connectivity index (χ1v) is 11.0. The van der Waals surface area contributed by atoms with Gasteiger partial charge < -0.3 is 15.1 Å². The number of imide groups is 1. The van der Waals surface area contributed by atoms with Gasteiger partial charge in [0, 0.05) is 38.1 Å². The van der Waals surface area contributed by atoms with Gasteiger partial charge >= 0.3 is 6.03 Å². The summed E-state index contributed by atoms with van der Waals surface area (Å²) in [4.78, 5) is 44.5. The zero-order valence-corrected chi connectivity index (χ0v) is 17.9. The molecule has 0 aromatic carbocycles. The van der Waals surface area contributed by atoms with E-state index in [-0.39, 0.29) is 29.8 Å². The fourth-order valence-electron chi connectivity index (χ4n) is 5.00. The maximum absolute atomic E-state index is 13.3.